The maximum atomic E-state index is 12.6. The van der Waals surface area contributed by atoms with Gasteiger partial charge in [-0.25, -0.2) is 14.8 Å². The Labute approximate surface area is 229 Å². The molecule has 0 aliphatic heterocycles. The van der Waals surface area contributed by atoms with Crippen LogP contribution in [0.5, 0.6) is 5.88 Å². The van der Waals surface area contributed by atoms with E-state index in [1.807, 2.05) is 0 Å². The van der Waals surface area contributed by atoms with Gasteiger partial charge >= 0.3 is 11.9 Å². The number of fused-ring (bicyclic) bond motifs is 1. The summed E-state index contributed by atoms with van der Waals surface area (Å²) in [6, 6.07) is 3.50. The summed E-state index contributed by atoms with van der Waals surface area (Å²) in [5.74, 6) is 3.16. The number of nitrogens with one attached hydrogen (secondary N) is 2. The summed E-state index contributed by atoms with van der Waals surface area (Å²) in [7, 11) is 2.41. The zero-order chi connectivity index (χ0) is 29.4. The molecule has 2 amide bonds. The van der Waals surface area contributed by atoms with Crippen molar-refractivity contribution < 1.29 is 33.8 Å². The maximum absolute atomic E-state index is 12.6. The Kier molecular flexibility index (Phi) is 9.28. The number of methoxy groups -OCH3 is 2. The van der Waals surface area contributed by atoms with Gasteiger partial charge in [-0.05, 0) is 30.5 Å². The lowest BCUT2D eigenvalue weighted by Crippen LogP contribution is -2.41. The molecule has 13 nitrogen and oxygen atoms in total. The van der Waals surface area contributed by atoms with Crippen molar-refractivity contribution in [3.63, 3.8) is 0 Å². The number of nitrogens with zero attached hydrogens (tertiary/aromatic N) is 4. The molecule has 0 unspecified atom stereocenters. The SMILES string of the molecule is COC(=O)CC[C@H](NC(=O)c1ccc(C#Cc2cnc3nc(NC(=O)C(C)(C)C)nc(O)c3c2)nc1)C(=O)OC. The number of carbonyl (C=O) groups is 4. The van der Waals surface area contributed by atoms with E-state index in [-0.39, 0.29) is 47.2 Å². The van der Waals surface area contributed by atoms with Crippen LogP contribution in [0.4, 0.5) is 5.95 Å². The number of rotatable bonds is 7. The molecule has 0 aromatic carbocycles. The molecular weight excluding hydrogens is 520 g/mol. The van der Waals surface area contributed by atoms with Gasteiger partial charge in [-0.1, -0.05) is 26.7 Å². The van der Waals surface area contributed by atoms with Gasteiger partial charge in [0.15, 0.2) is 5.65 Å². The third kappa shape index (κ3) is 7.70. The molecule has 0 fully saturated rings. The second-order valence-electron chi connectivity index (χ2n) is 9.52. The summed E-state index contributed by atoms with van der Waals surface area (Å²) in [6.45, 7) is 5.21. The molecular formula is C27H28N6O7. The van der Waals surface area contributed by atoms with Crippen LogP contribution in [0, 0.1) is 17.3 Å². The third-order valence-electron chi connectivity index (χ3n) is 5.45. The molecule has 208 valence electrons. The van der Waals surface area contributed by atoms with Gasteiger partial charge in [0.25, 0.3) is 5.91 Å². The molecule has 0 aliphatic carbocycles. The van der Waals surface area contributed by atoms with Crippen molar-refractivity contribution in [2.75, 3.05) is 19.5 Å². The van der Waals surface area contributed by atoms with E-state index in [0.717, 1.165) is 0 Å². The van der Waals surface area contributed by atoms with Crippen LogP contribution in [-0.2, 0) is 23.9 Å². The summed E-state index contributed by atoms with van der Waals surface area (Å²) in [5.41, 5.74) is 0.447. The highest BCUT2D eigenvalue weighted by atomic mass is 16.5. The monoisotopic (exact) mass is 548 g/mol. The zero-order valence-electron chi connectivity index (χ0n) is 22.6. The number of aromatic nitrogens is 4. The summed E-state index contributed by atoms with van der Waals surface area (Å²) in [4.78, 5) is 64.6. The fourth-order valence-corrected chi connectivity index (χ4v) is 3.15. The Morgan fingerprint density at radius 3 is 2.40 bits per heavy atom. The highest BCUT2D eigenvalue weighted by Crippen LogP contribution is 2.23. The summed E-state index contributed by atoms with van der Waals surface area (Å²) < 4.78 is 9.25. The van der Waals surface area contributed by atoms with E-state index in [9.17, 15) is 24.3 Å². The first-order valence-corrected chi connectivity index (χ1v) is 12.0. The molecule has 13 heteroatoms. The van der Waals surface area contributed by atoms with Crippen LogP contribution in [0.25, 0.3) is 11.0 Å². The van der Waals surface area contributed by atoms with E-state index in [2.05, 4.69) is 47.1 Å². The van der Waals surface area contributed by atoms with Crippen molar-refractivity contribution in [2.24, 2.45) is 5.41 Å². The van der Waals surface area contributed by atoms with Gasteiger partial charge in [0.1, 0.15) is 11.7 Å². The minimum absolute atomic E-state index is 0.00925. The molecule has 3 rings (SSSR count). The molecule has 3 heterocycles. The average molecular weight is 549 g/mol. The molecule has 0 bridgehead atoms. The minimum Gasteiger partial charge on any atom is -0.493 e. The number of anilines is 1. The van der Waals surface area contributed by atoms with Crippen molar-refractivity contribution in [3.8, 4) is 17.7 Å². The molecule has 3 aromatic rings. The van der Waals surface area contributed by atoms with Gasteiger partial charge in [-0.15, -0.1) is 0 Å². The van der Waals surface area contributed by atoms with Crippen molar-refractivity contribution in [1.29, 1.82) is 0 Å². The van der Waals surface area contributed by atoms with E-state index >= 15 is 0 Å². The second kappa shape index (κ2) is 12.6. The molecule has 3 N–H and O–H groups in total. The Bertz CT molecular complexity index is 1500. The van der Waals surface area contributed by atoms with Crippen LogP contribution in [0.2, 0.25) is 0 Å². The van der Waals surface area contributed by atoms with E-state index in [4.69, 9.17) is 4.74 Å². The van der Waals surface area contributed by atoms with Crippen molar-refractivity contribution in [3.05, 3.63) is 47.4 Å². The number of hydrogen-bond donors (Lipinski definition) is 3. The Balaban J connectivity index is 1.72. The largest absolute Gasteiger partial charge is 0.493 e. The molecule has 0 radical (unpaired) electrons. The standard InChI is InChI=1S/C27H28N6O7/c1-27(2,3)25(38)33-26-31-21-18(23(36)32-26)12-15(13-29-21)6-8-17-9-7-16(14-28-17)22(35)30-19(24(37)40-5)10-11-20(34)39-4/h7,9,12-14,19H,10-11H2,1-5H3,(H,30,35)(H2,29,31,32,33,36,38)/t19-/m0/s1. The first kappa shape index (κ1) is 29.4. The fourth-order valence-electron chi connectivity index (χ4n) is 3.15. The van der Waals surface area contributed by atoms with Crippen LogP contribution in [0.3, 0.4) is 0 Å². The predicted octanol–water partition coefficient (Wildman–Crippen LogP) is 1.73. The molecule has 1 atom stereocenters. The third-order valence-corrected chi connectivity index (χ3v) is 5.45. The highest BCUT2D eigenvalue weighted by molar-refractivity contribution is 5.96. The van der Waals surface area contributed by atoms with Crippen LogP contribution in [0.1, 0.15) is 55.2 Å². The Morgan fingerprint density at radius 1 is 1.02 bits per heavy atom. The van der Waals surface area contributed by atoms with Crippen molar-refractivity contribution >= 4 is 40.7 Å². The van der Waals surface area contributed by atoms with Gasteiger partial charge in [0.05, 0.1) is 25.2 Å². The topological polar surface area (TPSA) is 183 Å². The molecule has 0 saturated heterocycles. The van der Waals surface area contributed by atoms with Crippen molar-refractivity contribution in [1.82, 2.24) is 25.3 Å². The first-order valence-electron chi connectivity index (χ1n) is 12.0. The number of ether oxygens (including phenoxy) is 2. The number of aromatic hydroxyl groups is 1. The second-order valence-corrected chi connectivity index (χ2v) is 9.52. The summed E-state index contributed by atoms with van der Waals surface area (Å²) >= 11 is 0. The maximum Gasteiger partial charge on any atom is 0.328 e. The number of hydrogen-bond acceptors (Lipinski definition) is 11. The van der Waals surface area contributed by atoms with E-state index < -0.39 is 29.3 Å². The Morgan fingerprint density at radius 2 is 1.77 bits per heavy atom. The predicted molar refractivity (Wildman–Crippen MR) is 142 cm³/mol. The van der Waals surface area contributed by atoms with Crippen LogP contribution >= 0.6 is 0 Å². The lowest BCUT2D eigenvalue weighted by atomic mass is 9.96. The number of carbonyl (C=O) groups excluding carboxylic acids is 4. The molecule has 0 saturated carbocycles. The van der Waals surface area contributed by atoms with Gasteiger partial charge in [-0.3, -0.25) is 19.7 Å². The van der Waals surface area contributed by atoms with Crippen molar-refractivity contribution in [2.45, 2.75) is 39.7 Å². The molecule has 0 spiro atoms. The lowest BCUT2D eigenvalue weighted by molar-refractivity contribution is -0.144. The molecule has 40 heavy (non-hydrogen) atoms. The minimum atomic E-state index is -1.04. The fraction of sp³-hybridized carbons (Fsp3) is 0.333. The smallest absolute Gasteiger partial charge is 0.328 e. The van der Waals surface area contributed by atoms with E-state index in [0.29, 0.717) is 11.3 Å². The average Bonchev–Trinajstić information content (AvgIpc) is 2.93. The zero-order valence-corrected chi connectivity index (χ0v) is 22.6. The summed E-state index contributed by atoms with van der Waals surface area (Å²) in [6.07, 6.45) is 2.67. The first-order chi connectivity index (χ1) is 18.9. The number of amides is 2. The van der Waals surface area contributed by atoms with E-state index in [1.54, 1.807) is 26.8 Å². The van der Waals surface area contributed by atoms with Crippen LogP contribution < -0.4 is 10.6 Å². The highest BCUT2D eigenvalue weighted by Gasteiger charge is 2.24. The molecule has 3 aromatic heterocycles. The Hall–Kier alpha value is -5.12. The van der Waals surface area contributed by atoms with Gasteiger partial charge in [0.2, 0.25) is 17.7 Å². The summed E-state index contributed by atoms with van der Waals surface area (Å²) in [5, 5.41) is 15.7. The van der Waals surface area contributed by atoms with E-state index in [1.165, 1.54) is 38.7 Å². The van der Waals surface area contributed by atoms with Crippen LogP contribution in [0.15, 0.2) is 30.6 Å². The van der Waals surface area contributed by atoms with Gasteiger partial charge in [-0.2, -0.15) is 9.97 Å². The van der Waals surface area contributed by atoms with Gasteiger partial charge < -0.3 is 19.9 Å². The normalized spacial score (nSPS) is 11.5. The van der Waals surface area contributed by atoms with Crippen LogP contribution in [-0.4, -0.2) is 69.1 Å². The number of esters is 2. The number of pyridine rings is 2. The lowest BCUT2D eigenvalue weighted by Gasteiger charge is -2.16. The molecule has 0 aliphatic rings. The van der Waals surface area contributed by atoms with Gasteiger partial charge in [0, 0.05) is 29.8 Å². The quantitative estimate of drug-likeness (QED) is 0.289.